The van der Waals surface area contributed by atoms with E-state index in [1.54, 1.807) is 12.1 Å². The molecule has 1 aliphatic rings. The monoisotopic (exact) mass is 323 g/mol. The molecule has 7 heteroatoms. The van der Waals surface area contributed by atoms with E-state index in [-0.39, 0.29) is 11.8 Å². The number of aromatic nitrogens is 3. The Morgan fingerprint density at radius 2 is 2.32 bits per heavy atom. The van der Waals surface area contributed by atoms with Crippen LogP contribution >= 0.6 is 15.9 Å². The molecule has 4 N–H and O–H groups in total. The fourth-order valence-electron chi connectivity index (χ4n) is 2.19. The van der Waals surface area contributed by atoms with Gasteiger partial charge >= 0.3 is 0 Å². The van der Waals surface area contributed by atoms with Gasteiger partial charge in [-0.1, -0.05) is 15.9 Å². The lowest BCUT2D eigenvalue weighted by atomic mass is 10.2. The van der Waals surface area contributed by atoms with E-state index in [1.807, 2.05) is 11.0 Å². The van der Waals surface area contributed by atoms with Crippen LogP contribution in [0.1, 0.15) is 6.42 Å². The normalized spacial score (nSPS) is 19.1. The lowest BCUT2D eigenvalue weighted by Gasteiger charge is -2.11. The number of nitrogens with zero attached hydrogens (tertiary/aromatic N) is 3. The largest absolute Gasteiger partial charge is 0.507 e. The molecule has 3 rings (SSSR count). The molecule has 1 aromatic heterocycles. The number of aromatic amines is 1. The molecule has 1 aromatic carbocycles. The molecular weight excluding hydrogens is 310 g/mol. The molecule has 19 heavy (non-hydrogen) atoms. The first-order chi connectivity index (χ1) is 9.13. The molecule has 0 spiro atoms. The Balaban J connectivity index is 1.88. The molecule has 1 unspecified atom stereocenters. The standard InChI is InChI=1S/C12H14BrN5O/c13-7-1-2-9(10(19)5-7)11-15-12(17-16-11)18-4-3-8(14)6-18/h1-2,5,8,19H,3-4,6,14H2,(H,15,16,17). The molecule has 0 amide bonds. The Bertz CT molecular complexity index is 600. The Morgan fingerprint density at radius 3 is 3.00 bits per heavy atom. The van der Waals surface area contributed by atoms with Gasteiger partial charge in [-0.05, 0) is 24.6 Å². The zero-order valence-corrected chi connectivity index (χ0v) is 11.8. The highest BCUT2D eigenvalue weighted by atomic mass is 79.9. The first kappa shape index (κ1) is 12.4. The first-order valence-electron chi connectivity index (χ1n) is 6.05. The van der Waals surface area contributed by atoms with Crippen molar-refractivity contribution >= 4 is 21.9 Å². The van der Waals surface area contributed by atoms with Crippen LogP contribution in [0, 0.1) is 0 Å². The molecule has 0 saturated carbocycles. The number of benzene rings is 1. The van der Waals surface area contributed by atoms with Crippen molar-refractivity contribution in [3.63, 3.8) is 0 Å². The molecule has 2 aromatic rings. The molecule has 1 fully saturated rings. The van der Waals surface area contributed by atoms with Gasteiger partial charge in [0, 0.05) is 23.6 Å². The van der Waals surface area contributed by atoms with Crippen molar-refractivity contribution in [2.24, 2.45) is 5.73 Å². The average Bonchev–Trinajstić information content (AvgIpc) is 2.97. The van der Waals surface area contributed by atoms with Crippen LogP contribution in [-0.4, -0.2) is 39.4 Å². The summed E-state index contributed by atoms with van der Waals surface area (Å²) >= 11 is 3.31. The molecule has 1 saturated heterocycles. The summed E-state index contributed by atoms with van der Waals surface area (Å²) in [5.41, 5.74) is 6.50. The number of hydrogen-bond donors (Lipinski definition) is 3. The molecule has 1 aliphatic heterocycles. The number of halogens is 1. The van der Waals surface area contributed by atoms with Crippen LogP contribution in [0.15, 0.2) is 22.7 Å². The number of nitrogens with one attached hydrogen (secondary N) is 1. The quantitative estimate of drug-likeness (QED) is 0.778. The smallest absolute Gasteiger partial charge is 0.245 e. The van der Waals surface area contributed by atoms with Gasteiger partial charge in [-0.3, -0.25) is 5.10 Å². The van der Waals surface area contributed by atoms with E-state index < -0.39 is 0 Å². The van der Waals surface area contributed by atoms with E-state index >= 15 is 0 Å². The number of phenolic OH excluding ortho intramolecular Hbond substituents is 1. The third-order valence-corrected chi connectivity index (χ3v) is 3.69. The fraction of sp³-hybridized carbons (Fsp3) is 0.333. The predicted octanol–water partition coefficient (Wildman–Crippen LogP) is 1.48. The number of nitrogens with two attached hydrogens (primary N) is 1. The van der Waals surface area contributed by atoms with Crippen molar-refractivity contribution in [1.29, 1.82) is 0 Å². The zero-order valence-electron chi connectivity index (χ0n) is 10.2. The van der Waals surface area contributed by atoms with Crippen molar-refractivity contribution in [3.05, 3.63) is 22.7 Å². The molecule has 2 heterocycles. The number of phenols is 1. The van der Waals surface area contributed by atoms with Crippen LogP contribution in [0.25, 0.3) is 11.4 Å². The van der Waals surface area contributed by atoms with Gasteiger partial charge in [0.2, 0.25) is 5.95 Å². The van der Waals surface area contributed by atoms with E-state index in [2.05, 4.69) is 31.1 Å². The maximum absolute atomic E-state index is 9.91. The molecule has 100 valence electrons. The van der Waals surface area contributed by atoms with Crippen LogP contribution < -0.4 is 10.6 Å². The molecule has 0 aliphatic carbocycles. The summed E-state index contributed by atoms with van der Waals surface area (Å²) < 4.78 is 0.819. The van der Waals surface area contributed by atoms with Gasteiger partial charge in [-0.15, -0.1) is 5.10 Å². The second kappa shape index (κ2) is 4.82. The number of hydrogen-bond acceptors (Lipinski definition) is 5. The van der Waals surface area contributed by atoms with Gasteiger partial charge < -0.3 is 15.7 Å². The summed E-state index contributed by atoms with van der Waals surface area (Å²) in [5.74, 6) is 1.35. The summed E-state index contributed by atoms with van der Waals surface area (Å²) in [6.45, 7) is 1.63. The minimum Gasteiger partial charge on any atom is -0.507 e. The number of anilines is 1. The second-order valence-corrected chi connectivity index (χ2v) is 5.56. The van der Waals surface area contributed by atoms with Gasteiger partial charge in [0.25, 0.3) is 0 Å². The highest BCUT2D eigenvalue weighted by Crippen LogP contribution is 2.30. The topological polar surface area (TPSA) is 91.1 Å². The third kappa shape index (κ3) is 2.43. The third-order valence-electron chi connectivity index (χ3n) is 3.20. The Hall–Kier alpha value is -1.60. The van der Waals surface area contributed by atoms with Crippen molar-refractivity contribution < 1.29 is 5.11 Å². The number of aromatic hydroxyl groups is 1. The Labute approximate surface area is 118 Å². The summed E-state index contributed by atoms with van der Waals surface area (Å²) in [6, 6.07) is 5.45. The van der Waals surface area contributed by atoms with E-state index in [4.69, 9.17) is 5.73 Å². The van der Waals surface area contributed by atoms with E-state index in [9.17, 15) is 5.11 Å². The van der Waals surface area contributed by atoms with Crippen molar-refractivity contribution in [2.75, 3.05) is 18.0 Å². The summed E-state index contributed by atoms with van der Waals surface area (Å²) in [5, 5.41) is 16.9. The maximum atomic E-state index is 9.91. The molecule has 0 bridgehead atoms. The average molecular weight is 324 g/mol. The molecule has 0 radical (unpaired) electrons. The minimum atomic E-state index is 0.162. The molecular formula is C12H14BrN5O. The van der Waals surface area contributed by atoms with Crippen LogP contribution in [0.3, 0.4) is 0 Å². The van der Waals surface area contributed by atoms with Gasteiger partial charge in [-0.25, -0.2) is 0 Å². The SMILES string of the molecule is NC1CCN(c2n[nH]c(-c3ccc(Br)cc3O)n2)C1. The molecule has 6 nitrogen and oxygen atoms in total. The predicted molar refractivity (Wildman–Crippen MR) is 76.0 cm³/mol. The Kier molecular flexibility index (Phi) is 3.16. The van der Waals surface area contributed by atoms with Crippen LogP contribution in [-0.2, 0) is 0 Å². The summed E-state index contributed by atoms with van der Waals surface area (Å²) in [7, 11) is 0. The lowest BCUT2D eigenvalue weighted by Crippen LogP contribution is -2.26. The van der Waals surface area contributed by atoms with E-state index in [1.165, 1.54) is 0 Å². The van der Waals surface area contributed by atoms with Gasteiger partial charge in [0.15, 0.2) is 5.82 Å². The first-order valence-corrected chi connectivity index (χ1v) is 6.84. The van der Waals surface area contributed by atoms with Crippen LogP contribution in [0.2, 0.25) is 0 Å². The van der Waals surface area contributed by atoms with Gasteiger partial charge in [0.1, 0.15) is 5.75 Å². The van der Waals surface area contributed by atoms with Gasteiger partial charge in [0.05, 0.1) is 5.56 Å². The zero-order chi connectivity index (χ0) is 13.4. The van der Waals surface area contributed by atoms with Crippen molar-refractivity contribution in [2.45, 2.75) is 12.5 Å². The van der Waals surface area contributed by atoms with Crippen molar-refractivity contribution in [1.82, 2.24) is 15.2 Å². The summed E-state index contributed by atoms with van der Waals surface area (Å²) in [4.78, 5) is 6.46. The van der Waals surface area contributed by atoms with Crippen LogP contribution in [0.5, 0.6) is 5.75 Å². The van der Waals surface area contributed by atoms with E-state index in [0.29, 0.717) is 17.3 Å². The summed E-state index contributed by atoms with van der Waals surface area (Å²) in [6.07, 6.45) is 0.952. The lowest BCUT2D eigenvalue weighted by molar-refractivity contribution is 0.476. The maximum Gasteiger partial charge on any atom is 0.245 e. The van der Waals surface area contributed by atoms with E-state index in [0.717, 1.165) is 24.0 Å². The minimum absolute atomic E-state index is 0.162. The number of rotatable bonds is 2. The van der Waals surface area contributed by atoms with Gasteiger partial charge in [-0.2, -0.15) is 4.98 Å². The van der Waals surface area contributed by atoms with Crippen LogP contribution in [0.4, 0.5) is 5.95 Å². The highest BCUT2D eigenvalue weighted by molar-refractivity contribution is 9.10. The highest BCUT2D eigenvalue weighted by Gasteiger charge is 2.23. The number of H-pyrrole nitrogens is 1. The van der Waals surface area contributed by atoms with Crippen molar-refractivity contribution in [3.8, 4) is 17.1 Å². The Morgan fingerprint density at radius 1 is 1.47 bits per heavy atom. The fourth-order valence-corrected chi connectivity index (χ4v) is 2.54. The molecule has 1 atom stereocenters. The second-order valence-electron chi connectivity index (χ2n) is 4.64.